The van der Waals surface area contributed by atoms with E-state index in [1.54, 1.807) is 12.4 Å². The summed E-state index contributed by atoms with van der Waals surface area (Å²) in [5, 5.41) is 6.11. The number of ether oxygens (including phenoxy) is 1. The second-order valence-electron chi connectivity index (χ2n) is 5.00. The maximum atomic E-state index is 11.6. The maximum Gasteiger partial charge on any atom is 0.325 e. The smallest absolute Gasteiger partial charge is 0.325 e. The van der Waals surface area contributed by atoms with E-state index in [9.17, 15) is 4.79 Å². The predicted octanol–water partition coefficient (Wildman–Crippen LogP) is 1.55. The summed E-state index contributed by atoms with van der Waals surface area (Å²) in [5.74, 6) is -0.276. The van der Waals surface area contributed by atoms with Gasteiger partial charge in [-0.15, -0.1) is 0 Å². The Hall–Kier alpha value is -1.62. The molecule has 1 rings (SSSR count). The molecule has 0 fully saturated rings. The van der Waals surface area contributed by atoms with Gasteiger partial charge >= 0.3 is 5.97 Å². The fraction of sp³-hybridized carbons (Fsp3) is 0.538. The van der Waals surface area contributed by atoms with E-state index in [2.05, 4.69) is 15.6 Å². The number of carbonyl (C=O) groups excluding carboxylic acids is 1. The normalized spacial score (nSPS) is 11.1. The molecule has 0 radical (unpaired) electrons. The van der Waals surface area contributed by atoms with E-state index in [-0.39, 0.29) is 12.5 Å². The first-order valence-electron chi connectivity index (χ1n) is 5.95. The van der Waals surface area contributed by atoms with E-state index in [4.69, 9.17) is 4.74 Å². The molecule has 0 aromatic carbocycles. The molecule has 1 aromatic rings. The van der Waals surface area contributed by atoms with Crippen LogP contribution in [0.15, 0.2) is 18.5 Å². The van der Waals surface area contributed by atoms with Crippen molar-refractivity contribution < 1.29 is 9.53 Å². The Morgan fingerprint density at radius 2 is 2.17 bits per heavy atom. The van der Waals surface area contributed by atoms with Crippen LogP contribution in [0.3, 0.4) is 0 Å². The molecule has 0 spiro atoms. The SMILES string of the molecule is CNCc1ccncc1NCC(=O)OC(C)(C)C. The Bertz CT molecular complexity index is 399. The fourth-order valence-corrected chi connectivity index (χ4v) is 1.47. The van der Waals surface area contributed by atoms with Gasteiger partial charge in [-0.2, -0.15) is 0 Å². The van der Waals surface area contributed by atoms with Crippen LogP contribution in [0.5, 0.6) is 0 Å². The summed E-state index contributed by atoms with van der Waals surface area (Å²) in [6.45, 7) is 6.41. The highest BCUT2D eigenvalue weighted by atomic mass is 16.6. The van der Waals surface area contributed by atoms with Crippen LogP contribution in [0, 0.1) is 0 Å². The Kier molecular flexibility index (Phi) is 5.09. The number of nitrogens with zero attached hydrogens (tertiary/aromatic N) is 1. The van der Waals surface area contributed by atoms with Crippen LogP contribution >= 0.6 is 0 Å². The van der Waals surface area contributed by atoms with E-state index in [1.807, 2.05) is 33.9 Å². The van der Waals surface area contributed by atoms with Crippen molar-refractivity contribution in [2.45, 2.75) is 32.9 Å². The zero-order valence-electron chi connectivity index (χ0n) is 11.4. The molecule has 0 aliphatic rings. The van der Waals surface area contributed by atoms with Crippen LogP contribution in [0.25, 0.3) is 0 Å². The minimum atomic E-state index is -0.457. The molecule has 0 bridgehead atoms. The van der Waals surface area contributed by atoms with Gasteiger partial charge in [0.15, 0.2) is 0 Å². The van der Waals surface area contributed by atoms with Crippen LogP contribution in [-0.4, -0.2) is 30.1 Å². The zero-order chi connectivity index (χ0) is 13.6. The third-order valence-electron chi connectivity index (χ3n) is 2.12. The van der Waals surface area contributed by atoms with Gasteiger partial charge in [0.2, 0.25) is 0 Å². The van der Waals surface area contributed by atoms with Gasteiger partial charge in [0.1, 0.15) is 12.1 Å². The van der Waals surface area contributed by atoms with Crippen LogP contribution in [0.2, 0.25) is 0 Å². The van der Waals surface area contributed by atoms with Crippen LogP contribution in [-0.2, 0) is 16.1 Å². The topological polar surface area (TPSA) is 63.2 Å². The van der Waals surface area contributed by atoms with Crippen LogP contribution in [0.4, 0.5) is 5.69 Å². The standard InChI is InChI=1S/C13H21N3O2/c1-13(2,3)18-12(17)9-16-11-8-15-6-5-10(11)7-14-4/h5-6,8,14,16H,7,9H2,1-4H3. The quantitative estimate of drug-likeness (QED) is 0.777. The monoisotopic (exact) mass is 251 g/mol. The summed E-state index contributed by atoms with van der Waals surface area (Å²) in [6.07, 6.45) is 3.43. The lowest BCUT2D eigenvalue weighted by Crippen LogP contribution is -2.28. The van der Waals surface area contributed by atoms with Gasteiger partial charge in [0.25, 0.3) is 0 Å². The molecule has 2 N–H and O–H groups in total. The van der Waals surface area contributed by atoms with Crippen molar-refractivity contribution in [2.75, 3.05) is 18.9 Å². The molecule has 0 saturated heterocycles. The van der Waals surface area contributed by atoms with Crippen LogP contribution in [0.1, 0.15) is 26.3 Å². The molecule has 1 heterocycles. The molecule has 5 nitrogen and oxygen atoms in total. The molecular weight excluding hydrogens is 230 g/mol. The van der Waals surface area contributed by atoms with Gasteiger partial charge in [-0.3, -0.25) is 9.78 Å². The summed E-state index contributed by atoms with van der Waals surface area (Å²) in [7, 11) is 1.87. The number of hydrogen-bond acceptors (Lipinski definition) is 5. The molecule has 0 saturated carbocycles. The Labute approximate surface area is 108 Å². The number of nitrogens with one attached hydrogen (secondary N) is 2. The van der Waals surface area contributed by atoms with Gasteiger partial charge in [0.05, 0.1) is 11.9 Å². The molecule has 1 aromatic heterocycles. The minimum Gasteiger partial charge on any atom is -0.459 e. The van der Waals surface area contributed by atoms with Crippen LogP contribution < -0.4 is 10.6 Å². The predicted molar refractivity (Wildman–Crippen MR) is 71.3 cm³/mol. The lowest BCUT2D eigenvalue weighted by atomic mass is 10.2. The Morgan fingerprint density at radius 1 is 1.44 bits per heavy atom. The number of carbonyl (C=O) groups is 1. The fourth-order valence-electron chi connectivity index (χ4n) is 1.47. The number of aromatic nitrogens is 1. The highest BCUT2D eigenvalue weighted by molar-refractivity contribution is 5.75. The Morgan fingerprint density at radius 3 is 2.78 bits per heavy atom. The molecule has 0 atom stereocenters. The average Bonchev–Trinajstić information content (AvgIpc) is 2.26. The molecule has 0 unspecified atom stereocenters. The van der Waals surface area contributed by atoms with E-state index in [0.29, 0.717) is 0 Å². The number of anilines is 1. The summed E-state index contributed by atoms with van der Waals surface area (Å²) in [5.41, 5.74) is 1.45. The van der Waals surface area contributed by atoms with E-state index in [0.717, 1.165) is 17.8 Å². The number of rotatable bonds is 5. The molecule has 18 heavy (non-hydrogen) atoms. The number of pyridine rings is 1. The molecule has 0 aliphatic heterocycles. The van der Waals surface area contributed by atoms with Gasteiger partial charge < -0.3 is 15.4 Å². The third-order valence-corrected chi connectivity index (χ3v) is 2.12. The first-order valence-corrected chi connectivity index (χ1v) is 5.95. The molecular formula is C13H21N3O2. The first kappa shape index (κ1) is 14.4. The molecule has 5 heteroatoms. The van der Waals surface area contributed by atoms with Gasteiger partial charge in [0, 0.05) is 12.7 Å². The van der Waals surface area contributed by atoms with Crippen molar-refractivity contribution in [3.05, 3.63) is 24.0 Å². The maximum absolute atomic E-state index is 11.6. The number of esters is 1. The molecule has 100 valence electrons. The van der Waals surface area contributed by atoms with Gasteiger partial charge in [-0.25, -0.2) is 0 Å². The summed E-state index contributed by atoms with van der Waals surface area (Å²) in [4.78, 5) is 15.6. The van der Waals surface area contributed by atoms with Crippen molar-refractivity contribution in [2.24, 2.45) is 0 Å². The van der Waals surface area contributed by atoms with Crippen molar-refractivity contribution in [3.63, 3.8) is 0 Å². The lowest BCUT2D eigenvalue weighted by molar-refractivity contribution is -0.152. The van der Waals surface area contributed by atoms with E-state index >= 15 is 0 Å². The summed E-state index contributed by atoms with van der Waals surface area (Å²) in [6, 6.07) is 1.91. The third kappa shape index (κ3) is 5.14. The lowest BCUT2D eigenvalue weighted by Gasteiger charge is -2.20. The van der Waals surface area contributed by atoms with Crippen molar-refractivity contribution in [1.82, 2.24) is 10.3 Å². The van der Waals surface area contributed by atoms with Crippen molar-refractivity contribution in [1.29, 1.82) is 0 Å². The van der Waals surface area contributed by atoms with Crippen molar-refractivity contribution >= 4 is 11.7 Å². The molecule has 0 amide bonds. The largest absolute Gasteiger partial charge is 0.459 e. The second kappa shape index (κ2) is 6.35. The van der Waals surface area contributed by atoms with E-state index in [1.165, 1.54) is 0 Å². The highest BCUT2D eigenvalue weighted by Crippen LogP contribution is 2.13. The van der Waals surface area contributed by atoms with E-state index < -0.39 is 5.60 Å². The average molecular weight is 251 g/mol. The summed E-state index contributed by atoms with van der Waals surface area (Å²) < 4.78 is 5.22. The number of hydrogen-bond donors (Lipinski definition) is 2. The second-order valence-corrected chi connectivity index (χ2v) is 5.00. The minimum absolute atomic E-state index is 0.139. The van der Waals surface area contributed by atoms with Crippen molar-refractivity contribution in [3.8, 4) is 0 Å². The summed E-state index contributed by atoms with van der Waals surface area (Å²) >= 11 is 0. The van der Waals surface area contributed by atoms with Gasteiger partial charge in [-0.1, -0.05) is 0 Å². The molecule has 0 aliphatic carbocycles. The Balaban J connectivity index is 2.55. The first-order chi connectivity index (χ1) is 8.42. The van der Waals surface area contributed by atoms with Gasteiger partial charge in [-0.05, 0) is 39.4 Å². The highest BCUT2D eigenvalue weighted by Gasteiger charge is 2.16. The zero-order valence-corrected chi connectivity index (χ0v) is 11.4.